The summed E-state index contributed by atoms with van der Waals surface area (Å²) >= 11 is 7.58. The van der Waals surface area contributed by atoms with Gasteiger partial charge in [0.05, 0.1) is 17.8 Å². The predicted octanol–water partition coefficient (Wildman–Crippen LogP) is 5.75. The minimum absolute atomic E-state index is 0.0292. The summed E-state index contributed by atoms with van der Waals surface area (Å²) in [7, 11) is 0. The summed E-state index contributed by atoms with van der Waals surface area (Å²) in [6.45, 7) is 6.57. The zero-order chi connectivity index (χ0) is 19.0. The highest BCUT2D eigenvalue weighted by Gasteiger charge is 2.41. The van der Waals surface area contributed by atoms with Crippen molar-refractivity contribution in [3.8, 4) is 0 Å². The van der Waals surface area contributed by atoms with E-state index in [0.717, 1.165) is 16.5 Å². The fourth-order valence-electron chi connectivity index (χ4n) is 3.55. The lowest BCUT2D eigenvalue weighted by molar-refractivity contribution is 0.575. The highest BCUT2D eigenvalue weighted by Crippen LogP contribution is 2.43. The molecule has 3 nitrogen and oxygen atoms in total. The Morgan fingerprint density at radius 2 is 1.85 bits per heavy atom. The Kier molecular flexibility index (Phi) is 4.98. The van der Waals surface area contributed by atoms with Crippen molar-refractivity contribution in [3.05, 3.63) is 81.8 Å². The molecular formula is C22H23N3S2. The van der Waals surface area contributed by atoms with E-state index in [1.54, 1.807) is 0 Å². The van der Waals surface area contributed by atoms with Crippen LogP contribution in [-0.2, 0) is 0 Å². The third-order valence-corrected chi connectivity index (χ3v) is 6.37. The Hall–Kier alpha value is -2.24. The van der Waals surface area contributed by atoms with Crippen molar-refractivity contribution in [1.82, 2.24) is 10.3 Å². The Morgan fingerprint density at radius 3 is 2.44 bits per heavy atom. The van der Waals surface area contributed by atoms with E-state index in [1.165, 1.54) is 15.3 Å². The molecule has 0 aliphatic carbocycles. The molecule has 27 heavy (non-hydrogen) atoms. The van der Waals surface area contributed by atoms with Gasteiger partial charge in [0, 0.05) is 21.6 Å². The average Bonchev–Trinajstić information content (AvgIpc) is 3.25. The van der Waals surface area contributed by atoms with Crippen molar-refractivity contribution in [2.75, 3.05) is 4.90 Å². The molecule has 138 valence electrons. The van der Waals surface area contributed by atoms with Gasteiger partial charge in [-0.2, -0.15) is 0 Å². The number of nitrogens with zero attached hydrogens (tertiary/aromatic N) is 2. The number of anilines is 1. The summed E-state index contributed by atoms with van der Waals surface area (Å²) < 4.78 is 0. The second kappa shape index (κ2) is 7.41. The van der Waals surface area contributed by atoms with Gasteiger partial charge >= 0.3 is 0 Å². The Bertz CT molecular complexity index is 932. The van der Waals surface area contributed by atoms with Gasteiger partial charge in [0.15, 0.2) is 5.11 Å². The van der Waals surface area contributed by atoms with Crippen LogP contribution in [0.25, 0.3) is 0 Å². The lowest BCUT2D eigenvalue weighted by atomic mass is 10.0. The molecule has 2 atom stereocenters. The lowest BCUT2D eigenvalue weighted by Gasteiger charge is -2.27. The van der Waals surface area contributed by atoms with E-state index in [9.17, 15) is 0 Å². The first-order chi connectivity index (χ1) is 13.0. The van der Waals surface area contributed by atoms with E-state index in [1.807, 2.05) is 29.7 Å². The maximum Gasteiger partial charge on any atom is 0.174 e. The summed E-state index contributed by atoms with van der Waals surface area (Å²) in [5.74, 6) is 0.514. The average molecular weight is 394 g/mol. The topological polar surface area (TPSA) is 28.2 Å². The normalized spacial score (nSPS) is 19.6. The van der Waals surface area contributed by atoms with Crippen molar-refractivity contribution >= 4 is 34.4 Å². The number of aromatic nitrogens is 1. The molecule has 5 heteroatoms. The number of hydrogen-bond donors (Lipinski definition) is 1. The molecule has 0 bridgehead atoms. The van der Waals surface area contributed by atoms with Gasteiger partial charge in [0.25, 0.3) is 0 Å². The molecule has 0 spiro atoms. The van der Waals surface area contributed by atoms with Crippen LogP contribution in [0, 0.1) is 6.92 Å². The van der Waals surface area contributed by atoms with E-state index in [0.29, 0.717) is 5.92 Å². The molecule has 1 N–H and O–H groups in total. The summed E-state index contributed by atoms with van der Waals surface area (Å²) in [6, 6.07) is 19.3. The zero-order valence-corrected chi connectivity index (χ0v) is 17.3. The molecule has 1 saturated heterocycles. The molecule has 1 aromatic carbocycles. The molecular weight excluding hydrogens is 370 g/mol. The number of pyridine rings is 1. The molecule has 0 radical (unpaired) electrons. The van der Waals surface area contributed by atoms with E-state index in [4.69, 9.17) is 12.2 Å². The molecule has 1 fully saturated rings. The van der Waals surface area contributed by atoms with Crippen LogP contribution >= 0.6 is 23.6 Å². The van der Waals surface area contributed by atoms with Crippen molar-refractivity contribution in [1.29, 1.82) is 0 Å². The summed E-state index contributed by atoms with van der Waals surface area (Å²) in [4.78, 5) is 9.44. The van der Waals surface area contributed by atoms with Gasteiger partial charge in [-0.15, -0.1) is 11.3 Å². The van der Waals surface area contributed by atoms with E-state index in [-0.39, 0.29) is 12.1 Å². The van der Waals surface area contributed by atoms with Crippen LogP contribution in [0.1, 0.15) is 52.9 Å². The predicted molar refractivity (Wildman–Crippen MR) is 118 cm³/mol. The second-order valence-electron chi connectivity index (χ2n) is 7.19. The minimum atomic E-state index is 0.0292. The fourth-order valence-corrected chi connectivity index (χ4v) is 4.91. The van der Waals surface area contributed by atoms with E-state index in [2.05, 4.69) is 78.4 Å². The molecule has 0 saturated carbocycles. The van der Waals surface area contributed by atoms with Crippen molar-refractivity contribution in [2.24, 2.45) is 0 Å². The number of thiophene rings is 1. The third-order valence-electron chi connectivity index (χ3n) is 4.99. The lowest BCUT2D eigenvalue weighted by Crippen LogP contribution is -2.29. The van der Waals surface area contributed by atoms with Crippen LogP contribution in [-0.4, -0.2) is 10.1 Å². The monoisotopic (exact) mass is 393 g/mol. The number of hydrogen-bond acceptors (Lipinski definition) is 3. The van der Waals surface area contributed by atoms with Gasteiger partial charge in [-0.25, -0.2) is 0 Å². The van der Waals surface area contributed by atoms with Crippen LogP contribution in [0.15, 0.2) is 60.8 Å². The first-order valence-electron chi connectivity index (χ1n) is 9.21. The zero-order valence-electron chi connectivity index (χ0n) is 15.7. The van der Waals surface area contributed by atoms with Gasteiger partial charge in [0.2, 0.25) is 0 Å². The van der Waals surface area contributed by atoms with Gasteiger partial charge in [-0.1, -0.05) is 32.0 Å². The van der Waals surface area contributed by atoms with Crippen LogP contribution in [0.5, 0.6) is 0 Å². The molecule has 0 unspecified atom stereocenters. The molecule has 3 heterocycles. The maximum absolute atomic E-state index is 5.76. The first-order valence-corrected chi connectivity index (χ1v) is 10.4. The molecule has 4 rings (SSSR count). The number of nitrogens with one attached hydrogen (secondary N) is 1. The largest absolute Gasteiger partial charge is 0.351 e. The van der Waals surface area contributed by atoms with E-state index < -0.39 is 0 Å². The highest BCUT2D eigenvalue weighted by atomic mass is 32.1. The number of benzene rings is 1. The second-order valence-corrected chi connectivity index (χ2v) is 8.90. The number of aryl methyl sites for hydroxylation is 1. The smallest absolute Gasteiger partial charge is 0.174 e. The molecule has 3 aromatic rings. The Labute approximate surface area is 170 Å². The SMILES string of the molecule is Cc1ccc([C@H]2[C@@H](c3ccccn3)NC(=S)N2c2ccc(C(C)C)cc2)s1. The molecule has 2 aromatic heterocycles. The van der Waals surface area contributed by atoms with Crippen LogP contribution in [0.2, 0.25) is 0 Å². The quantitative estimate of drug-likeness (QED) is 0.571. The van der Waals surface area contributed by atoms with Crippen LogP contribution < -0.4 is 10.2 Å². The Morgan fingerprint density at radius 1 is 1.07 bits per heavy atom. The standard InChI is InChI=1S/C22H23N3S2/c1-14(2)16-8-10-17(11-9-16)25-21(19-12-7-15(3)27-19)20(24-22(25)26)18-6-4-5-13-23-18/h4-14,20-21H,1-3H3,(H,24,26)/t20-,21+/m1/s1. The van der Waals surface area contributed by atoms with Crippen molar-refractivity contribution in [2.45, 2.75) is 38.8 Å². The summed E-state index contributed by atoms with van der Waals surface area (Å²) in [6.07, 6.45) is 1.84. The van der Waals surface area contributed by atoms with Crippen molar-refractivity contribution in [3.63, 3.8) is 0 Å². The molecule has 1 aliphatic heterocycles. The third kappa shape index (κ3) is 3.49. The number of thiocarbonyl (C=S) groups is 1. The number of rotatable bonds is 4. The fraction of sp³-hybridized carbons (Fsp3) is 0.273. The van der Waals surface area contributed by atoms with E-state index >= 15 is 0 Å². The van der Waals surface area contributed by atoms with Gasteiger partial charge < -0.3 is 10.2 Å². The van der Waals surface area contributed by atoms with Crippen LogP contribution in [0.3, 0.4) is 0 Å². The highest BCUT2D eigenvalue weighted by molar-refractivity contribution is 7.80. The summed E-state index contributed by atoms with van der Waals surface area (Å²) in [5.41, 5.74) is 3.46. The van der Waals surface area contributed by atoms with Crippen molar-refractivity contribution < 1.29 is 0 Å². The van der Waals surface area contributed by atoms with Crippen LogP contribution in [0.4, 0.5) is 5.69 Å². The van der Waals surface area contributed by atoms with Gasteiger partial charge in [-0.3, -0.25) is 4.98 Å². The maximum atomic E-state index is 5.76. The minimum Gasteiger partial charge on any atom is -0.351 e. The van der Waals surface area contributed by atoms with Gasteiger partial charge in [0.1, 0.15) is 0 Å². The Balaban J connectivity index is 1.78. The first kappa shape index (κ1) is 18.1. The van der Waals surface area contributed by atoms with Gasteiger partial charge in [-0.05, 0) is 67.0 Å². The molecule has 0 amide bonds. The summed E-state index contributed by atoms with van der Waals surface area (Å²) in [5, 5.41) is 4.26. The molecule has 1 aliphatic rings.